The minimum Gasteiger partial charge on any atom is -0.334 e. The molecule has 0 aliphatic carbocycles. The summed E-state index contributed by atoms with van der Waals surface area (Å²) in [6.07, 6.45) is 3.57. The number of aryl methyl sites for hydroxylation is 1. The summed E-state index contributed by atoms with van der Waals surface area (Å²) in [5.74, 6) is 0.432. The Morgan fingerprint density at radius 3 is 2.94 bits per heavy atom. The van der Waals surface area contributed by atoms with Gasteiger partial charge in [-0.2, -0.15) is 0 Å². The molecule has 0 fully saturated rings. The Hall–Kier alpha value is -1.20. The van der Waals surface area contributed by atoms with Gasteiger partial charge in [-0.05, 0) is 40.5 Å². The first-order valence-corrected chi connectivity index (χ1v) is 6.14. The third-order valence-electron chi connectivity index (χ3n) is 2.67. The van der Waals surface area contributed by atoms with Crippen LogP contribution in [0, 0.1) is 5.82 Å². The van der Waals surface area contributed by atoms with Crippen molar-refractivity contribution in [3.05, 3.63) is 52.3 Å². The van der Waals surface area contributed by atoms with Crippen molar-refractivity contribution in [3.63, 3.8) is 0 Å². The maximum absolute atomic E-state index is 13.4. The number of hydrogen-bond acceptors (Lipinski definition) is 2. The van der Waals surface area contributed by atoms with Gasteiger partial charge in [-0.25, -0.2) is 9.37 Å². The van der Waals surface area contributed by atoms with Crippen molar-refractivity contribution in [2.45, 2.75) is 19.5 Å². The quantitative estimate of drug-likeness (QED) is 0.947. The predicted molar refractivity (Wildman–Crippen MR) is 68.0 cm³/mol. The van der Waals surface area contributed by atoms with E-state index in [2.05, 4.69) is 20.9 Å². The fraction of sp³-hybridized carbons (Fsp3) is 0.250. The van der Waals surface area contributed by atoms with Gasteiger partial charge >= 0.3 is 0 Å². The van der Waals surface area contributed by atoms with E-state index in [0.29, 0.717) is 10.0 Å². The van der Waals surface area contributed by atoms with Crippen LogP contribution in [0.25, 0.3) is 0 Å². The van der Waals surface area contributed by atoms with Crippen molar-refractivity contribution in [2.75, 3.05) is 0 Å². The van der Waals surface area contributed by atoms with Crippen LogP contribution in [0.4, 0.5) is 4.39 Å². The molecule has 0 aliphatic heterocycles. The molecule has 1 unspecified atom stereocenters. The van der Waals surface area contributed by atoms with Gasteiger partial charge in [-0.3, -0.25) is 0 Å². The van der Waals surface area contributed by atoms with Gasteiger partial charge in [0.15, 0.2) is 0 Å². The Bertz CT molecular complexity index is 524. The molecule has 90 valence electrons. The molecule has 17 heavy (non-hydrogen) atoms. The lowest BCUT2D eigenvalue weighted by molar-refractivity contribution is 0.611. The van der Waals surface area contributed by atoms with Crippen molar-refractivity contribution < 1.29 is 4.39 Å². The first kappa shape index (κ1) is 12.3. The number of benzene rings is 1. The summed E-state index contributed by atoms with van der Waals surface area (Å²) in [6, 6.07) is 4.48. The number of nitrogens with zero attached hydrogens (tertiary/aromatic N) is 2. The van der Waals surface area contributed by atoms with Crippen LogP contribution in [0.1, 0.15) is 24.4 Å². The Morgan fingerprint density at radius 1 is 1.53 bits per heavy atom. The van der Waals surface area contributed by atoms with Crippen LogP contribution >= 0.6 is 15.9 Å². The molecule has 0 saturated carbocycles. The van der Waals surface area contributed by atoms with E-state index in [9.17, 15) is 4.39 Å². The summed E-state index contributed by atoms with van der Waals surface area (Å²) in [6.45, 7) is 2.81. The fourth-order valence-electron chi connectivity index (χ4n) is 1.72. The molecule has 0 bridgehead atoms. The van der Waals surface area contributed by atoms with Gasteiger partial charge in [0.25, 0.3) is 0 Å². The van der Waals surface area contributed by atoms with Crippen LogP contribution < -0.4 is 5.73 Å². The number of rotatable bonds is 3. The zero-order valence-electron chi connectivity index (χ0n) is 9.40. The smallest absolute Gasteiger partial charge is 0.137 e. The van der Waals surface area contributed by atoms with Gasteiger partial charge in [-0.1, -0.05) is 6.07 Å². The molecular weight excluding hydrogens is 285 g/mol. The van der Waals surface area contributed by atoms with Crippen LogP contribution in [0.3, 0.4) is 0 Å². The molecule has 1 aromatic heterocycles. The third-order valence-corrected chi connectivity index (χ3v) is 3.31. The Balaban J connectivity index is 2.36. The molecule has 1 atom stereocenters. The van der Waals surface area contributed by atoms with Crippen molar-refractivity contribution in [1.82, 2.24) is 9.55 Å². The zero-order valence-corrected chi connectivity index (χ0v) is 11.0. The highest BCUT2D eigenvalue weighted by atomic mass is 79.9. The SMILES string of the molecule is CCn1ccnc1C(N)c1ccc(Br)c(F)c1. The first-order valence-electron chi connectivity index (χ1n) is 5.35. The second-order valence-corrected chi connectivity index (χ2v) is 4.58. The highest BCUT2D eigenvalue weighted by Crippen LogP contribution is 2.23. The monoisotopic (exact) mass is 297 g/mol. The second kappa shape index (κ2) is 4.98. The molecule has 2 rings (SSSR count). The van der Waals surface area contributed by atoms with Crippen molar-refractivity contribution in [3.8, 4) is 0 Å². The van der Waals surface area contributed by atoms with Gasteiger partial charge in [0, 0.05) is 18.9 Å². The van der Waals surface area contributed by atoms with Gasteiger partial charge in [0.1, 0.15) is 11.6 Å². The minimum atomic E-state index is -0.410. The zero-order chi connectivity index (χ0) is 12.4. The van der Waals surface area contributed by atoms with E-state index in [1.54, 1.807) is 18.3 Å². The summed E-state index contributed by atoms with van der Waals surface area (Å²) in [5.41, 5.74) is 6.81. The lowest BCUT2D eigenvalue weighted by Crippen LogP contribution is -2.17. The van der Waals surface area contributed by atoms with E-state index < -0.39 is 6.04 Å². The maximum atomic E-state index is 13.4. The summed E-state index contributed by atoms with van der Waals surface area (Å²) >= 11 is 3.12. The molecule has 1 aromatic carbocycles. The van der Waals surface area contributed by atoms with Crippen LogP contribution in [-0.4, -0.2) is 9.55 Å². The number of imidazole rings is 1. The van der Waals surface area contributed by atoms with Crippen molar-refractivity contribution in [2.24, 2.45) is 5.73 Å². The fourth-order valence-corrected chi connectivity index (χ4v) is 1.97. The van der Waals surface area contributed by atoms with Crippen LogP contribution in [0.15, 0.2) is 35.1 Å². The molecule has 2 aromatic rings. The summed E-state index contributed by atoms with van der Waals surface area (Å²) < 4.78 is 15.8. The molecule has 0 spiro atoms. The number of nitrogens with two attached hydrogens (primary N) is 1. The van der Waals surface area contributed by atoms with Crippen molar-refractivity contribution in [1.29, 1.82) is 0 Å². The second-order valence-electron chi connectivity index (χ2n) is 3.72. The molecule has 0 saturated heterocycles. The number of hydrogen-bond donors (Lipinski definition) is 1. The van der Waals surface area contributed by atoms with Gasteiger partial charge < -0.3 is 10.3 Å². The molecule has 3 nitrogen and oxygen atoms in total. The largest absolute Gasteiger partial charge is 0.334 e. The molecule has 0 amide bonds. The first-order chi connectivity index (χ1) is 8.13. The number of aromatic nitrogens is 2. The van der Waals surface area contributed by atoms with E-state index in [1.165, 1.54) is 6.07 Å². The molecule has 2 N–H and O–H groups in total. The Morgan fingerprint density at radius 2 is 2.29 bits per heavy atom. The average Bonchev–Trinajstić information content (AvgIpc) is 2.80. The van der Waals surface area contributed by atoms with E-state index >= 15 is 0 Å². The Kier molecular flexibility index (Phi) is 3.59. The van der Waals surface area contributed by atoms with Gasteiger partial charge in [-0.15, -0.1) is 0 Å². The van der Waals surface area contributed by atoms with E-state index in [1.807, 2.05) is 17.7 Å². The topological polar surface area (TPSA) is 43.8 Å². The normalized spacial score (nSPS) is 12.7. The van der Waals surface area contributed by atoms with E-state index in [-0.39, 0.29) is 5.82 Å². The molecule has 0 aliphatic rings. The van der Waals surface area contributed by atoms with Gasteiger partial charge in [0.05, 0.1) is 10.5 Å². The van der Waals surface area contributed by atoms with E-state index in [4.69, 9.17) is 5.73 Å². The molecule has 1 heterocycles. The van der Waals surface area contributed by atoms with Crippen LogP contribution in [0.2, 0.25) is 0 Å². The minimum absolute atomic E-state index is 0.312. The van der Waals surface area contributed by atoms with Crippen LogP contribution in [-0.2, 0) is 6.54 Å². The molecule has 5 heteroatoms. The predicted octanol–water partition coefficient (Wildman–Crippen LogP) is 2.85. The van der Waals surface area contributed by atoms with Crippen LogP contribution in [0.5, 0.6) is 0 Å². The third kappa shape index (κ3) is 2.40. The van der Waals surface area contributed by atoms with Crippen molar-refractivity contribution >= 4 is 15.9 Å². The highest BCUT2D eigenvalue weighted by Gasteiger charge is 2.15. The summed E-state index contributed by atoms with van der Waals surface area (Å²) in [7, 11) is 0. The summed E-state index contributed by atoms with van der Waals surface area (Å²) in [5, 5.41) is 0. The number of halogens is 2. The van der Waals surface area contributed by atoms with Gasteiger partial charge in [0.2, 0.25) is 0 Å². The highest BCUT2D eigenvalue weighted by molar-refractivity contribution is 9.10. The lowest BCUT2D eigenvalue weighted by atomic mass is 10.1. The molecular formula is C12H13BrFN3. The lowest BCUT2D eigenvalue weighted by Gasteiger charge is -2.13. The molecule has 0 radical (unpaired) electrons. The summed E-state index contributed by atoms with van der Waals surface area (Å²) in [4.78, 5) is 4.22. The Labute approximate surface area is 108 Å². The van der Waals surface area contributed by atoms with E-state index in [0.717, 1.165) is 12.4 Å². The maximum Gasteiger partial charge on any atom is 0.137 e. The average molecular weight is 298 g/mol. The standard InChI is InChI=1S/C12H13BrFN3/c1-2-17-6-5-16-12(17)11(15)8-3-4-9(13)10(14)7-8/h3-7,11H,2,15H2,1H3.